The minimum absolute atomic E-state index is 0.00604. The highest BCUT2D eigenvalue weighted by Gasteiger charge is 2.23. The summed E-state index contributed by atoms with van der Waals surface area (Å²) in [5.74, 6) is 0.771. The van der Waals surface area contributed by atoms with Crippen molar-refractivity contribution in [2.75, 3.05) is 32.8 Å². The summed E-state index contributed by atoms with van der Waals surface area (Å²) in [5.41, 5.74) is 0.636. The molecule has 1 aliphatic rings. The Morgan fingerprint density at radius 2 is 1.71 bits per heavy atom. The molecule has 5 heteroatoms. The predicted octanol–water partition coefficient (Wildman–Crippen LogP) is 1.56. The van der Waals surface area contributed by atoms with E-state index in [0.29, 0.717) is 44.1 Å². The van der Waals surface area contributed by atoms with Crippen LogP contribution < -0.4 is 4.74 Å². The van der Waals surface area contributed by atoms with Gasteiger partial charge in [0.2, 0.25) is 5.91 Å². The molecule has 1 aromatic carbocycles. The molecule has 112 valence electrons. The molecule has 2 amide bonds. The van der Waals surface area contributed by atoms with Gasteiger partial charge in [-0.1, -0.05) is 12.7 Å². The first-order valence-corrected chi connectivity index (χ1v) is 7.00. The van der Waals surface area contributed by atoms with Crippen molar-refractivity contribution in [1.82, 2.24) is 9.80 Å². The first-order chi connectivity index (χ1) is 10.1. The summed E-state index contributed by atoms with van der Waals surface area (Å²) in [6.45, 7) is 7.94. The molecule has 1 fully saturated rings. The molecule has 0 spiro atoms. The summed E-state index contributed by atoms with van der Waals surface area (Å²) in [5, 5.41) is 0. The van der Waals surface area contributed by atoms with Gasteiger partial charge < -0.3 is 14.5 Å². The number of nitrogens with zero attached hydrogens (tertiary/aromatic N) is 2. The van der Waals surface area contributed by atoms with Crippen molar-refractivity contribution in [1.29, 1.82) is 0 Å². The monoisotopic (exact) mass is 288 g/mol. The van der Waals surface area contributed by atoms with Crippen LogP contribution in [0.1, 0.15) is 17.3 Å². The van der Waals surface area contributed by atoms with Gasteiger partial charge in [0.15, 0.2) is 0 Å². The number of carbonyl (C=O) groups excluding carboxylic acids is 2. The number of benzene rings is 1. The number of hydrogen-bond acceptors (Lipinski definition) is 3. The average Bonchev–Trinajstić information content (AvgIpc) is 2.53. The van der Waals surface area contributed by atoms with Crippen LogP contribution in [0.2, 0.25) is 0 Å². The van der Waals surface area contributed by atoms with E-state index in [9.17, 15) is 9.59 Å². The lowest BCUT2D eigenvalue weighted by atomic mass is 10.1. The van der Waals surface area contributed by atoms with Crippen molar-refractivity contribution in [3.05, 3.63) is 42.5 Å². The maximum Gasteiger partial charge on any atom is 0.253 e. The lowest BCUT2D eigenvalue weighted by Gasteiger charge is -2.34. The number of ether oxygens (including phenoxy) is 1. The first-order valence-electron chi connectivity index (χ1n) is 7.00. The van der Waals surface area contributed by atoms with E-state index >= 15 is 0 Å². The Morgan fingerprint density at radius 1 is 1.14 bits per heavy atom. The molecule has 1 aromatic rings. The second-order valence-corrected chi connectivity index (χ2v) is 4.92. The second kappa shape index (κ2) is 6.92. The molecule has 2 rings (SSSR count). The summed E-state index contributed by atoms with van der Waals surface area (Å²) in [6, 6.07) is 7.08. The van der Waals surface area contributed by atoms with Gasteiger partial charge in [0, 0.05) is 38.7 Å². The molecule has 0 aliphatic carbocycles. The summed E-state index contributed by atoms with van der Waals surface area (Å²) >= 11 is 0. The van der Waals surface area contributed by atoms with Crippen molar-refractivity contribution >= 4 is 11.8 Å². The van der Waals surface area contributed by atoms with Gasteiger partial charge in [-0.2, -0.15) is 0 Å². The molecule has 0 atom stereocenters. The van der Waals surface area contributed by atoms with E-state index in [2.05, 4.69) is 6.58 Å². The Hall–Kier alpha value is -2.30. The number of piperazine rings is 1. The number of hydrogen-bond donors (Lipinski definition) is 0. The topological polar surface area (TPSA) is 49.9 Å². The SMILES string of the molecule is C=CCOc1ccc(C(=O)N2CCN(C(C)=O)CC2)cc1. The zero-order chi connectivity index (χ0) is 15.2. The van der Waals surface area contributed by atoms with Crippen molar-refractivity contribution < 1.29 is 14.3 Å². The number of rotatable bonds is 4. The van der Waals surface area contributed by atoms with Gasteiger partial charge in [0.05, 0.1) is 0 Å². The molecular weight excluding hydrogens is 268 g/mol. The zero-order valence-electron chi connectivity index (χ0n) is 12.2. The van der Waals surface area contributed by atoms with Gasteiger partial charge in [-0.05, 0) is 24.3 Å². The van der Waals surface area contributed by atoms with E-state index in [4.69, 9.17) is 4.74 Å². The molecule has 5 nitrogen and oxygen atoms in total. The van der Waals surface area contributed by atoms with Gasteiger partial charge in [-0.15, -0.1) is 0 Å². The molecule has 0 radical (unpaired) electrons. The Morgan fingerprint density at radius 3 is 2.24 bits per heavy atom. The van der Waals surface area contributed by atoms with Crippen molar-refractivity contribution in [2.45, 2.75) is 6.92 Å². The fourth-order valence-corrected chi connectivity index (χ4v) is 2.26. The van der Waals surface area contributed by atoms with Crippen LogP contribution in [0.3, 0.4) is 0 Å². The van der Waals surface area contributed by atoms with Crippen LogP contribution in [0.15, 0.2) is 36.9 Å². The third kappa shape index (κ3) is 3.84. The minimum atomic E-state index is -0.00604. The summed E-state index contributed by atoms with van der Waals surface area (Å²) in [4.78, 5) is 27.2. The van der Waals surface area contributed by atoms with Crippen LogP contribution in [0.5, 0.6) is 5.75 Å². The van der Waals surface area contributed by atoms with Gasteiger partial charge in [-0.25, -0.2) is 0 Å². The van der Waals surface area contributed by atoms with Crippen molar-refractivity contribution in [3.8, 4) is 5.75 Å². The van der Waals surface area contributed by atoms with Crippen LogP contribution >= 0.6 is 0 Å². The van der Waals surface area contributed by atoms with Crippen LogP contribution in [0.25, 0.3) is 0 Å². The molecule has 0 N–H and O–H groups in total. The van der Waals surface area contributed by atoms with Crippen molar-refractivity contribution in [3.63, 3.8) is 0 Å². The fraction of sp³-hybridized carbons (Fsp3) is 0.375. The zero-order valence-corrected chi connectivity index (χ0v) is 12.2. The standard InChI is InChI=1S/C16H20N2O3/c1-3-12-21-15-6-4-14(5-7-15)16(20)18-10-8-17(9-11-18)13(2)19/h3-7H,1,8-12H2,2H3. The van der Waals surface area contributed by atoms with E-state index in [1.54, 1.807) is 47.1 Å². The Kier molecular flexibility index (Phi) is 4.98. The predicted molar refractivity (Wildman–Crippen MR) is 80.3 cm³/mol. The highest BCUT2D eigenvalue weighted by Crippen LogP contribution is 2.15. The lowest BCUT2D eigenvalue weighted by Crippen LogP contribution is -2.50. The molecule has 1 heterocycles. The van der Waals surface area contributed by atoms with Crippen LogP contribution in [0, 0.1) is 0 Å². The van der Waals surface area contributed by atoms with Gasteiger partial charge in [0.25, 0.3) is 5.91 Å². The van der Waals surface area contributed by atoms with E-state index in [0.717, 1.165) is 0 Å². The van der Waals surface area contributed by atoms with Crippen LogP contribution in [0.4, 0.5) is 0 Å². The highest BCUT2D eigenvalue weighted by atomic mass is 16.5. The van der Waals surface area contributed by atoms with Gasteiger partial charge >= 0.3 is 0 Å². The molecule has 1 saturated heterocycles. The van der Waals surface area contributed by atoms with E-state index in [1.807, 2.05) is 0 Å². The molecule has 0 aromatic heterocycles. The van der Waals surface area contributed by atoms with Gasteiger partial charge in [0.1, 0.15) is 12.4 Å². The van der Waals surface area contributed by atoms with Crippen LogP contribution in [-0.4, -0.2) is 54.4 Å². The highest BCUT2D eigenvalue weighted by molar-refractivity contribution is 5.94. The third-order valence-electron chi connectivity index (χ3n) is 3.48. The molecule has 0 unspecified atom stereocenters. The van der Waals surface area contributed by atoms with Crippen molar-refractivity contribution in [2.24, 2.45) is 0 Å². The van der Waals surface area contributed by atoms with Gasteiger partial charge in [-0.3, -0.25) is 9.59 Å². The molecule has 0 saturated carbocycles. The summed E-state index contributed by atoms with van der Waals surface area (Å²) in [7, 11) is 0. The lowest BCUT2D eigenvalue weighted by molar-refractivity contribution is -0.130. The Labute approximate surface area is 124 Å². The number of amides is 2. The third-order valence-corrected chi connectivity index (χ3v) is 3.48. The van der Waals surface area contributed by atoms with E-state index in [1.165, 1.54) is 0 Å². The Balaban J connectivity index is 1.94. The Bertz CT molecular complexity index is 517. The molecule has 0 bridgehead atoms. The second-order valence-electron chi connectivity index (χ2n) is 4.92. The average molecular weight is 288 g/mol. The summed E-state index contributed by atoms with van der Waals surface area (Å²) in [6.07, 6.45) is 1.67. The normalized spacial score (nSPS) is 14.7. The summed E-state index contributed by atoms with van der Waals surface area (Å²) < 4.78 is 5.39. The smallest absolute Gasteiger partial charge is 0.253 e. The van der Waals surface area contributed by atoms with E-state index in [-0.39, 0.29) is 11.8 Å². The largest absolute Gasteiger partial charge is 0.490 e. The quantitative estimate of drug-likeness (QED) is 0.790. The number of carbonyl (C=O) groups is 2. The maximum atomic E-state index is 12.4. The first kappa shape index (κ1) is 15.1. The van der Waals surface area contributed by atoms with Crippen LogP contribution in [-0.2, 0) is 4.79 Å². The minimum Gasteiger partial charge on any atom is -0.490 e. The fourth-order valence-electron chi connectivity index (χ4n) is 2.26. The van der Waals surface area contributed by atoms with E-state index < -0.39 is 0 Å². The molecule has 21 heavy (non-hydrogen) atoms. The molecular formula is C16H20N2O3. The molecule has 1 aliphatic heterocycles. The maximum absolute atomic E-state index is 12.4.